The number of hydrogen-bond donors (Lipinski definition) is 0. The average molecular weight is 340 g/mol. The molecule has 0 radical (unpaired) electrons. The number of hydrogen-bond acceptors (Lipinski definition) is 4. The fourth-order valence-corrected chi connectivity index (χ4v) is 4.21. The molecule has 0 N–H and O–H groups in total. The molecule has 2 aliphatic heterocycles. The van der Waals surface area contributed by atoms with E-state index in [0.717, 1.165) is 55.2 Å². The van der Waals surface area contributed by atoms with Gasteiger partial charge >= 0.3 is 0 Å². The molecular formula is C19H20N2O2S. The minimum atomic E-state index is 0.0756. The van der Waals surface area contributed by atoms with Gasteiger partial charge in [0.1, 0.15) is 10.8 Å². The first kappa shape index (κ1) is 15.4. The second-order valence-corrected chi connectivity index (χ2v) is 7.14. The van der Waals surface area contributed by atoms with Gasteiger partial charge in [0, 0.05) is 30.6 Å². The van der Waals surface area contributed by atoms with Crippen LogP contribution in [-0.4, -0.2) is 28.9 Å². The van der Waals surface area contributed by atoms with E-state index >= 15 is 0 Å². The Balaban J connectivity index is 1.50. The zero-order valence-corrected chi connectivity index (χ0v) is 14.3. The number of aromatic nitrogens is 1. The molecule has 1 saturated heterocycles. The summed E-state index contributed by atoms with van der Waals surface area (Å²) in [6.07, 6.45) is 9.60. The third kappa shape index (κ3) is 3.08. The van der Waals surface area contributed by atoms with E-state index in [0.29, 0.717) is 0 Å². The van der Waals surface area contributed by atoms with Crippen LogP contribution in [0, 0.1) is 0 Å². The molecule has 1 unspecified atom stereocenters. The van der Waals surface area contributed by atoms with Crippen molar-refractivity contribution in [1.29, 1.82) is 0 Å². The monoisotopic (exact) mass is 340 g/mol. The summed E-state index contributed by atoms with van der Waals surface area (Å²) < 4.78 is 5.52. The normalized spacial score (nSPS) is 20.2. The summed E-state index contributed by atoms with van der Waals surface area (Å²) in [4.78, 5) is 19.1. The number of fused-ring (bicyclic) bond motifs is 1. The minimum Gasteiger partial charge on any atom is -0.493 e. The Morgan fingerprint density at radius 2 is 2.33 bits per heavy atom. The van der Waals surface area contributed by atoms with Gasteiger partial charge in [-0.25, -0.2) is 4.98 Å². The van der Waals surface area contributed by atoms with Crippen molar-refractivity contribution in [3.8, 4) is 5.75 Å². The number of likely N-dealkylation sites (tertiary alicyclic amines) is 1. The number of rotatable bonds is 3. The first-order valence-electron chi connectivity index (χ1n) is 8.45. The highest BCUT2D eigenvalue weighted by atomic mass is 32.1. The average Bonchev–Trinajstić information content (AvgIpc) is 3.30. The van der Waals surface area contributed by atoms with Crippen molar-refractivity contribution in [2.24, 2.45) is 0 Å². The van der Waals surface area contributed by atoms with Crippen LogP contribution in [0.25, 0.3) is 6.08 Å². The molecule has 0 aliphatic carbocycles. The first-order chi connectivity index (χ1) is 11.8. The van der Waals surface area contributed by atoms with Crippen molar-refractivity contribution < 1.29 is 9.53 Å². The summed E-state index contributed by atoms with van der Waals surface area (Å²) in [6.45, 7) is 1.57. The molecule has 1 aromatic heterocycles. The maximum absolute atomic E-state index is 12.7. The first-order valence-corrected chi connectivity index (χ1v) is 9.33. The largest absolute Gasteiger partial charge is 0.493 e. The molecule has 1 atom stereocenters. The van der Waals surface area contributed by atoms with Crippen LogP contribution >= 0.6 is 11.3 Å². The molecule has 2 aliphatic rings. The van der Waals surface area contributed by atoms with Crippen LogP contribution < -0.4 is 4.74 Å². The number of carbonyl (C=O) groups excluding carboxylic acids is 1. The molecular weight excluding hydrogens is 320 g/mol. The van der Waals surface area contributed by atoms with Gasteiger partial charge in [-0.05, 0) is 48.6 Å². The van der Waals surface area contributed by atoms with E-state index in [1.54, 1.807) is 17.4 Å². The lowest BCUT2D eigenvalue weighted by atomic mass is 10.0. The molecule has 4 nitrogen and oxygen atoms in total. The Hall–Kier alpha value is -2.14. The Kier molecular flexibility index (Phi) is 4.34. The van der Waals surface area contributed by atoms with Crippen molar-refractivity contribution in [3.63, 3.8) is 0 Å². The van der Waals surface area contributed by atoms with Gasteiger partial charge in [0.05, 0.1) is 12.6 Å². The zero-order valence-electron chi connectivity index (χ0n) is 13.5. The second-order valence-electron chi connectivity index (χ2n) is 6.21. The van der Waals surface area contributed by atoms with Gasteiger partial charge in [0.2, 0.25) is 5.91 Å². The van der Waals surface area contributed by atoms with Crippen molar-refractivity contribution >= 4 is 23.3 Å². The number of benzene rings is 1. The van der Waals surface area contributed by atoms with Gasteiger partial charge in [-0.15, -0.1) is 11.3 Å². The van der Waals surface area contributed by atoms with E-state index < -0.39 is 0 Å². The third-order valence-electron chi connectivity index (χ3n) is 4.65. The maximum atomic E-state index is 12.7. The topological polar surface area (TPSA) is 42.4 Å². The molecule has 3 heterocycles. The molecule has 0 saturated carbocycles. The SMILES string of the molecule is O=C(/C=C/c1ccc2c(c1)CCO2)N1CCCCC1c1nccs1. The van der Waals surface area contributed by atoms with Crippen LogP contribution in [0.15, 0.2) is 35.9 Å². The van der Waals surface area contributed by atoms with Crippen molar-refractivity contribution in [1.82, 2.24) is 9.88 Å². The van der Waals surface area contributed by atoms with Crippen LogP contribution in [0.3, 0.4) is 0 Å². The molecule has 1 fully saturated rings. The summed E-state index contributed by atoms with van der Waals surface area (Å²) in [7, 11) is 0. The highest BCUT2D eigenvalue weighted by Gasteiger charge is 2.28. The quantitative estimate of drug-likeness (QED) is 0.797. The van der Waals surface area contributed by atoms with Gasteiger partial charge in [0.15, 0.2) is 0 Å². The van der Waals surface area contributed by atoms with Crippen LogP contribution in [0.2, 0.25) is 0 Å². The number of ether oxygens (including phenoxy) is 1. The standard InChI is InChI=1S/C19H20N2O2S/c22-18(7-5-14-4-6-17-15(13-14)8-11-23-17)21-10-2-1-3-16(21)19-20-9-12-24-19/h4-7,9,12-13,16H,1-3,8,10-11H2/b7-5+. The number of amides is 1. The fraction of sp³-hybridized carbons (Fsp3) is 0.368. The van der Waals surface area contributed by atoms with E-state index in [4.69, 9.17) is 4.74 Å². The smallest absolute Gasteiger partial charge is 0.247 e. The Morgan fingerprint density at radius 1 is 1.38 bits per heavy atom. The molecule has 4 rings (SSSR count). The summed E-state index contributed by atoms with van der Waals surface area (Å²) in [6, 6.07) is 6.23. The summed E-state index contributed by atoms with van der Waals surface area (Å²) in [5, 5.41) is 3.03. The third-order valence-corrected chi connectivity index (χ3v) is 5.53. The van der Waals surface area contributed by atoms with Crippen LogP contribution in [-0.2, 0) is 11.2 Å². The fourth-order valence-electron chi connectivity index (χ4n) is 3.42. The number of carbonyl (C=O) groups is 1. The Labute approximate surface area is 145 Å². The summed E-state index contributed by atoms with van der Waals surface area (Å²) in [5.74, 6) is 1.05. The molecule has 1 amide bonds. The van der Waals surface area contributed by atoms with Crippen LogP contribution in [0.5, 0.6) is 5.75 Å². The van der Waals surface area contributed by atoms with Crippen LogP contribution in [0.4, 0.5) is 0 Å². The molecule has 5 heteroatoms. The van der Waals surface area contributed by atoms with Crippen molar-refractivity contribution in [2.45, 2.75) is 31.7 Å². The lowest BCUT2D eigenvalue weighted by Crippen LogP contribution is -2.37. The Bertz CT molecular complexity index is 755. The Morgan fingerprint density at radius 3 is 3.21 bits per heavy atom. The zero-order chi connectivity index (χ0) is 16.4. The lowest BCUT2D eigenvalue weighted by Gasteiger charge is -2.33. The summed E-state index contributed by atoms with van der Waals surface area (Å²) >= 11 is 1.64. The highest BCUT2D eigenvalue weighted by molar-refractivity contribution is 7.09. The number of thiazole rings is 1. The molecule has 124 valence electrons. The predicted molar refractivity (Wildman–Crippen MR) is 95.1 cm³/mol. The van der Waals surface area contributed by atoms with Crippen LogP contribution in [0.1, 0.15) is 41.4 Å². The minimum absolute atomic E-state index is 0.0756. The van der Waals surface area contributed by atoms with Crippen molar-refractivity contribution in [2.75, 3.05) is 13.2 Å². The molecule has 0 bridgehead atoms. The molecule has 24 heavy (non-hydrogen) atoms. The predicted octanol–water partition coefficient (Wildman–Crippen LogP) is 3.85. The highest BCUT2D eigenvalue weighted by Crippen LogP contribution is 2.32. The number of nitrogens with zero attached hydrogens (tertiary/aromatic N) is 2. The van der Waals surface area contributed by atoms with E-state index in [2.05, 4.69) is 11.1 Å². The van der Waals surface area contributed by atoms with Gasteiger partial charge in [-0.3, -0.25) is 4.79 Å². The van der Waals surface area contributed by atoms with E-state index in [1.807, 2.05) is 34.7 Å². The van der Waals surface area contributed by atoms with Gasteiger partial charge < -0.3 is 9.64 Å². The van der Waals surface area contributed by atoms with E-state index in [9.17, 15) is 4.79 Å². The summed E-state index contributed by atoms with van der Waals surface area (Å²) in [5.41, 5.74) is 2.28. The molecule has 2 aromatic rings. The second kappa shape index (κ2) is 6.77. The van der Waals surface area contributed by atoms with E-state index in [-0.39, 0.29) is 11.9 Å². The lowest BCUT2D eigenvalue weighted by molar-refractivity contribution is -0.129. The van der Waals surface area contributed by atoms with E-state index in [1.165, 1.54) is 5.56 Å². The number of piperidine rings is 1. The van der Waals surface area contributed by atoms with Gasteiger partial charge in [-0.2, -0.15) is 0 Å². The molecule has 0 spiro atoms. The van der Waals surface area contributed by atoms with Crippen molar-refractivity contribution in [3.05, 3.63) is 52.0 Å². The molecule has 1 aromatic carbocycles. The van der Waals surface area contributed by atoms with Gasteiger partial charge in [0.25, 0.3) is 0 Å². The maximum Gasteiger partial charge on any atom is 0.247 e. The van der Waals surface area contributed by atoms with Gasteiger partial charge in [-0.1, -0.05) is 6.07 Å².